The first-order valence-corrected chi connectivity index (χ1v) is 6.69. The number of aryl methyl sites for hydroxylation is 1. The van der Waals surface area contributed by atoms with Crippen molar-refractivity contribution in [3.63, 3.8) is 0 Å². The van der Waals surface area contributed by atoms with Gasteiger partial charge in [0.1, 0.15) is 5.76 Å². The summed E-state index contributed by atoms with van der Waals surface area (Å²) in [4.78, 5) is 23.2. The Balaban J connectivity index is 1.80. The Morgan fingerprint density at radius 2 is 2.13 bits per heavy atom. The normalized spacial score (nSPS) is 10.2. The first kappa shape index (κ1) is 16.5. The third-order valence-corrected chi connectivity index (χ3v) is 2.82. The number of carbonyl (C=O) groups is 2. The molecule has 0 saturated heterocycles. The van der Waals surface area contributed by atoms with Crippen LogP contribution in [0.15, 0.2) is 28.8 Å². The summed E-state index contributed by atoms with van der Waals surface area (Å²) < 4.78 is 27.9. The molecule has 1 aromatic heterocycles. The number of aromatic nitrogens is 1. The summed E-state index contributed by atoms with van der Waals surface area (Å²) in [7, 11) is 1.35. The van der Waals surface area contributed by atoms with Crippen LogP contribution in [0.4, 0.5) is 10.2 Å². The van der Waals surface area contributed by atoms with E-state index in [1.807, 2.05) is 0 Å². The molecule has 0 saturated carbocycles. The molecule has 0 radical (unpaired) electrons. The Morgan fingerprint density at radius 3 is 2.74 bits per heavy atom. The quantitative estimate of drug-likeness (QED) is 0.816. The molecule has 1 N–H and O–H groups in total. The van der Waals surface area contributed by atoms with Crippen LogP contribution in [0.1, 0.15) is 11.3 Å². The van der Waals surface area contributed by atoms with Crippen molar-refractivity contribution in [3.8, 4) is 5.75 Å². The van der Waals surface area contributed by atoms with Gasteiger partial charge >= 0.3 is 5.97 Å². The topological polar surface area (TPSA) is 90.7 Å². The first-order chi connectivity index (χ1) is 11.0. The summed E-state index contributed by atoms with van der Waals surface area (Å²) in [5.74, 6) is -0.908. The molecule has 7 nitrogen and oxygen atoms in total. The zero-order valence-corrected chi connectivity index (χ0v) is 12.6. The standard InChI is InChI=1S/C15H15FN2O5/c1-9-5-13(18-23-9)17-14(19)8-22-15(20)7-10-3-4-12(21-2)11(16)6-10/h3-6H,7-8H2,1-2H3,(H,17,18,19). The van der Waals surface area contributed by atoms with Crippen LogP contribution < -0.4 is 10.1 Å². The molecule has 122 valence electrons. The Kier molecular flexibility index (Phi) is 5.29. The van der Waals surface area contributed by atoms with E-state index in [2.05, 4.69) is 10.5 Å². The molecule has 0 fully saturated rings. The van der Waals surface area contributed by atoms with Crippen LogP contribution in [0.25, 0.3) is 0 Å². The number of methoxy groups -OCH3 is 1. The number of benzene rings is 1. The number of halogens is 1. The molecule has 0 aliphatic heterocycles. The number of ether oxygens (including phenoxy) is 2. The second-order valence-electron chi connectivity index (χ2n) is 4.68. The monoisotopic (exact) mass is 322 g/mol. The zero-order valence-electron chi connectivity index (χ0n) is 12.6. The third kappa shape index (κ3) is 4.80. The van der Waals surface area contributed by atoms with Gasteiger partial charge in [-0.05, 0) is 24.6 Å². The summed E-state index contributed by atoms with van der Waals surface area (Å²) in [5, 5.41) is 5.98. The van der Waals surface area contributed by atoms with Gasteiger partial charge in [-0.25, -0.2) is 4.39 Å². The highest BCUT2D eigenvalue weighted by atomic mass is 19.1. The van der Waals surface area contributed by atoms with Gasteiger partial charge in [0, 0.05) is 6.07 Å². The van der Waals surface area contributed by atoms with Gasteiger partial charge in [0.15, 0.2) is 24.0 Å². The molecule has 23 heavy (non-hydrogen) atoms. The van der Waals surface area contributed by atoms with Crippen LogP contribution in [0.3, 0.4) is 0 Å². The molecule has 2 rings (SSSR count). The van der Waals surface area contributed by atoms with E-state index in [0.29, 0.717) is 11.3 Å². The van der Waals surface area contributed by atoms with Crippen LogP contribution in [-0.4, -0.2) is 30.7 Å². The summed E-state index contributed by atoms with van der Waals surface area (Å²) in [6.07, 6.45) is -0.155. The Labute approximate surface area is 131 Å². The average molecular weight is 322 g/mol. The van der Waals surface area contributed by atoms with E-state index in [9.17, 15) is 14.0 Å². The summed E-state index contributed by atoms with van der Waals surface area (Å²) in [5.41, 5.74) is 0.417. The molecule has 0 aliphatic carbocycles. The highest BCUT2D eigenvalue weighted by molar-refractivity contribution is 5.92. The number of nitrogens with zero attached hydrogens (tertiary/aromatic N) is 1. The lowest BCUT2D eigenvalue weighted by Crippen LogP contribution is -2.21. The number of carbonyl (C=O) groups excluding carboxylic acids is 2. The molecule has 2 aromatic rings. The Morgan fingerprint density at radius 1 is 1.35 bits per heavy atom. The molecule has 0 aliphatic rings. The van der Waals surface area contributed by atoms with Gasteiger partial charge in [0.05, 0.1) is 13.5 Å². The average Bonchev–Trinajstić information content (AvgIpc) is 2.90. The maximum absolute atomic E-state index is 13.5. The predicted octanol–water partition coefficient (Wildman–Crippen LogP) is 1.86. The van der Waals surface area contributed by atoms with E-state index < -0.39 is 24.3 Å². The molecule has 1 heterocycles. The van der Waals surface area contributed by atoms with Crippen molar-refractivity contribution in [1.29, 1.82) is 0 Å². The zero-order chi connectivity index (χ0) is 16.8. The van der Waals surface area contributed by atoms with Crippen LogP contribution >= 0.6 is 0 Å². The fraction of sp³-hybridized carbons (Fsp3) is 0.267. The van der Waals surface area contributed by atoms with Gasteiger partial charge in [0.2, 0.25) is 0 Å². The van der Waals surface area contributed by atoms with Gasteiger partial charge in [-0.2, -0.15) is 0 Å². The van der Waals surface area contributed by atoms with Crippen molar-refractivity contribution in [2.75, 3.05) is 19.0 Å². The number of nitrogens with one attached hydrogen (secondary N) is 1. The fourth-order valence-electron chi connectivity index (χ4n) is 1.79. The lowest BCUT2D eigenvalue weighted by molar-refractivity contribution is -0.146. The van der Waals surface area contributed by atoms with Gasteiger partial charge in [-0.1, -0.05) is 11.2 Å². The van der Waals surface area contributed by atoms with Crippen LogP contribution in [-0.2, 0) is 20.7 Å². The van der Waals surface area contributed by atoms with Crippen molar-refractivity contribution < 1.29 is 28.0 Å². The van der Waals surface area contributed by atoms with E-state index >= 15 is 0 Å². The summed E-state index contributed by atoms with van der Waals surface area (Å²) in [6, 6.07) is 5.66. The Bertz CT molecular complexity index is 714. The first-order valence-electron chi connectivity index (χ1n) is 6.69. The summed E-state index contributed by atoms with van der Waals surface area (Å²) >= 11 is 0. The molecule has 8 heteroatoms. The smallest absolute Gasteiger partial charge is 0.310 e. The predicted molar refractivity (Wildman–Crippen MR) is 77.5 cm³/mol. The molecule has 1 aromatic carbocycles. The van der Waals surface area contributed by atoms with Crippen molar-refractivity contribution in [1.82, 2.24) is 5.16 Å². The molecular weight excluding hydrogens is 307 g/mol. The number of amides is 1. The lowest BCUT2D eigenvalue weighted by atomic mass is 10.1. The molecule has 0 atom stereocenters. The Hall–Kier alpha value is -2.90. The maximum Gasteiger partial charge on any atom is 0.310 e. The van der Waals surface area contributed by atoms with Crippen LogP contribution in [0.2, 0.25) is 0 Å². The van der Waals surface area contributed by atoms with E-state index in [1.165, 1.54) is 25.3 Å². The second kappa shape index (κ2) is 7.39. The molecule has 0 spiro atoms. The summed E-state index contributed by atoms with van der Waals surface area (Å²) in [6.45, 7) is 1.21. The lowest BCUT2D eigenvalue weighted by Gasteiger charge is -2.06. The number of hydrogen-bond acceptors (Lipinski definition) is 6. The van der Waals surface area contributed by atoms with E-state index in [4.69, 9.17) is 14.0 Å². The van der Waals surface area contributed by atoms with Crippen LogP contribution in [0.5, 0.6) is 5.75 Å². The fourth-order valence-corrected chi connectivity index (χ4v) is 1.79. The number of rotatable bonds is 6. The molecule has 0 bridgehead atoms. The minimum absolute atomic E-state index is 0.0874. The van der Waals surface area contributed by atoms with E-state index in [0.717, 1.165) is 0 Å². The maximum atomic E-state index is 13.5. The van der Waals surface area contributed by atoms with Gasteiger partial charge in [-0.15, -0.1) is 0 Å². The molecule has 1 amide bonds. The van der Waals surface area contributed by atoms with E-state index in [-0.39, 0.29) is 18.0 Å². The van der Waals surface area contributed by atoms with Gasteiger partial charge in [-0.3, -0.25) is 9.59 Å². The van der Waals surface area contributed by atoms with Crippen molar-refractivity contribution >= 4 is 17.7 Å². The van der Waals surface area contributed by atoms with Crippen molar-refractivity contribution in [3.05, 3.63) is 41.4 Å². The SMILES string of the molecule is COc1ccc(CC(=O)OCC(=O)Nc2cc(C)on2)cc1F. The number of esters is 1. The van der Waals surface area contributed by atoms with Crippen molar-refractivity contribution in [2.24, 2.45) is 0 Å². The molecule has 0 unspecified atom stereocenters. The number of anilines is 1. The minimum atomic E-state index is -0.652. The molecular formula is C15H15FN2O5. The largest absolute Gasteiger partial charge is 0.494 e. The highest BCUT2D eigenvalue weighted by Crippen LogP contribution is 2.18. The number of hydrogen-bond donors (Lipinski definition) is 1. The highest BCUT2D eigenvalue weighted by Gasteiger charge is 2.12. The van der Waals surface area contributed by atoms with Gasteiger partial charge in [0.25, 0.3) is 5.91 Å². The minimum Gasteiger partial charge on any atom is -0.494 e. The second-order valence-corrected chi connectivity index (χ2v) is 4.68. The van der Waals surface area contributed by atoms with Gasteiger partial charge < -0.3 is 19.3 Å². The van der Waals surface area contributed by atoms with E-state index in [1.54, 1.807) is 13.0 Å². The van der Waals surface area contributed by atoms with Crippen molar-refractivity contribution in [2.45, 2.75) is 13.3 Å². The third-order valence-electron chi connectivity index (χ3n) is 2.82. The van der Waals surface area contributed by atoms with Crippen LogP contribution in [0, 0.1) is 12.7 Å².